The molecular weight excluding hydrogens is 268 g/mol. The first-order valence-electron chi connectivity index (χ1n) is 4.96. The fourth-order valence-electron chi connectivity index (χ4n) is 1.53. The average Bonchev–Trinajstić information content (AvgIpc) is 2.79. The quantitative estimate of drug-likeness (QED) is 0.820. The predicted molar refractivity (Wildman–Crippen MR) is 61.3 cm³/mol. The second-order valence-corrected chi connectivity index (χ2v) is 4.55. The highest BCUT2D eigenvalue weighted by Crippen LogP contribution is 2.43. The van der Waals surface area contributed by atoms with E-state index in [9.17, 15) is 17.6 Å². The number of benzene rings is 1. The van der Waals surface area contributed by atoms with E-state index in [4.69, 9.17) is 5.11 Å². The Morgan fingerprint density at radius 3 is 2.22 bits per heavy atom. The van der Waals surface area contributed by atoms with Crippen molar-refractivity contribution < 1.29 is 22.7 Å². The molecule has 0 aliphatic heterocycles. The van der Waals surface area contributed by atoms with Crippen molar-refractivity contribution in [2.75, 3.05) is 0 Å². The molecule has 0 aliphatic carbocycles. The first-order valence-corrected chi connectivity index (χ1v) is 5.84. The highest BCUT2D eigenvalue weighted by Gasteiger charge is 2.44. The molecule has 1 nitrogen and oxygen atoms in total. The molecule has 0 bridgehead atoms. The van der Waals surface area contributed by atoms with Gasteiger partial charge in [0.2, 0.25) is 0 Å². The van der Waals surface area contributed by atoms with Gasteiger partial charge >= 0.3 is 12.3 Å². The van der Waals surface area contributed by atoms with E-state index < -0.39 is 17.9 Å². The third kappa shape index (κ3) is 2.20. The lowest BCUT2D eigenvalue weighted by Crippen LogP contribution is -2.23. The van der Waals surface area contributed by atoms with Gasteiger partial charge in [0, 0.05) is 10.4 Å². The number of alkyl halides is 4. The Balaban J connectivity index is 2.48. The lowest BCUT2D eigenvalue weighted by molar-refractivity contribution is -0.134. The topological polar surface area (TPSA) is 20.2 Å². The van der Waals surface area contributed by atoms with Crippen LogP contribution in [0.4, 0.5) is 17.6 Å². The average molecular weight is 276 g/mol. The molecule has 1 aromatic heterocycles. The summed E-state index contributed by atoms with van der Waals surface area (Å²) in [5.74, 6) is -4.19. The molecule has 0 fully saturated rings. The monoisotopic (exact) mass is 276 g/mol. The molecule has 0 atom stereocenters. The molecule has 1 N–H and O–H groups in total. The van der Waals surface area contributed by atoms with Gasteiger partial charge in [-0.25, -0.2) is 8.78 Å². The molecule has 6 heteroatoms. The molecule has 0 spiro atoms. The summed E-state index contributed by atoms with van der Waals surface area (Å²) < 4.78 is 51.4. The van der Waals surface area contributed by atoms with Gasteiger partial charge < -0.3 is 5.11 Å². The first-order chi connectivity index (χ1) is 8.43. The minimum atomic E-state index is -4.17. The van der Waals surface area contributed by atoms with E-state index in [0.29, 0.717) is 5.56 Å². The number of hydrogen-bond donors (Lipinski definition) is 1. The molecule has 0 saturated carbocycles. The number of rotatable bonds is 3. The van der Waals surface area contributed by atoms with Crippen LogP contribution in [0, 0.1) is 0 Å². The normalized spacial score (nSPS) is 12.1. The Kier molecular flexibility index (Phi) is 3.30. The third-order valence-corrected chi connectivity index (χ3v) is 3.39. The van der Waals surface area contributed by atoms with Crippen LogP contribution in [0.1, 0.15) is 5.56 Å². The van der Waals surface area contributed by atoms with Gasteiger partial charge in [-0.15, -0.1) is 11.3 Å². The van der Waals surface area contributed by atoms with Crippen LogP contribution in [0.3, 0.4) is 0 Å². The zero-order chi connectivity index (χ0) is 13.3. The standard InChI is InChI=1S/C12H8F4OS/c13-11(14)12(15,16)9-5-6-18-10(9)7-1-3-8(17)4-2-7/h1-6,11,17H. The van der Waals surface area contributed by atoms with E-state index >= 15 is 0 Å². The summed E-state index contributed by atoms with van der Waals surface area (Å²) >= 11 is 0.958. The molecule has 0 aliphatic rings. The van der Waals surface area contributed by atoms with E-state index in [1.807, 2.05) is 0 Å². The summed E-state index contributed by atoms with van der Waals surface area (Å²) in [6.45, 7) is 0. The maximum Gasteiger partial charge on any atom is 0.334 e. The van der Waals surface area contributed by atoms with Crippen molar-refractivity contribution in [3.63, 3.8) is 0 Å². The molecule has 0 unspecified atom stereocenters. The van der Waals surface area contributed by atoms with Crippen LogP contribution < -0.4 is 0 Å². The fourth-order valence-corrected chi connectivity index (χ4v) is 2.47. The van der Waals surface area contributed by atoms with Crippen molar-refractivity contribution >= 4 is 11.3 Å². The van der Waals surface area contributed by atoms with Gasteiger partial charge in [0.1, 0.15) is 5.75 Å². The highest BCUT2D eigenvalue weighted by atomic mass is 32.1. The third-order valence-electron chi connectivity index (χ3n) is 2.43. The summed E-state index contributed by atoms with van der Waals surface area (Å²) in [5, 5.41) is 10.4. The van der Waals surface area contributed by atoms with Crippen molar-refractivity contribution in [2.45, 2.75) is 12.3 Å². The number of halogens is 4. The Labute approximate surface area is 104 Å². The van der Waals surface area contributed by atoms with Crippen LogP contribution in [0.2, 0.25) is 0 Å². The van der Waals surface area contributed by atoms with Crippen molar-refractivity contribution in [3.05, 3.63) is 41.3 Å². The van der Waals surface area contributed by atoms with Crippen LogP contribution in [-0.4, -0.2) is 11.5 Å². The predicted octanol–water partition coefficient (Wildman–Crippen LogP) is 4.48. The van der Waals surface area contributed by atoms with Gasteiger partial charge in [-0.05, 0) is 41.3 Å². The van der Waals surface area contributed by atoms with Crippen LogP contribution >= 0.6 is 11.3 Å². The van der Waals surface area contributed by atoms with E-state index in [2.05, 4.69) is 0 Å². The molecule has 1 aromatic carbocycles. The van der Waals surface area contributed by atoms with Crippen molar-refractivity contribution in [3.8, 4) is 16.2 Å². The summed E-state index contributed by atoms with van der Waals surface area (Å²) in [4.78, 5) is 0.0836. The molecule has 96 valence electrons. The van der Waals surface area contributed by atoms with Crippen molar-refractivity contribution in [1.82, 2.24) is 0 Å². The van der Waals surface area contributed by atoms with Crippen LogP contribution in [0.5, 0.6) is 5.75 Å². The Morgan fingerprint density at radius 2 is 1.67 bits per heavy atom. The van der Waals surface area contributed by atoms with Gasteiger partial charge in [-0.1, -0.05) is 0 Å². The molecule has 1 heterocycles. The van der Waals surface area contributed by atoms with Gasteiger partial charge in [-0.2, -0.15) is 8.78 Å². The molecule has 0 saturated heterocycles. The number of hydrogen-bond acceptors (Lipinski definition) is 2. The zero-order valence-corrected chi connectivity index (χ0v) is 9.73. The Morgan fingerprint density at radius 1 is 1.06 bits per heavy atom. The van der Waals surface area contributed by atoms with Gasteiger partial charge in [0.15, 0.2) is 0 Å². The van der Waals surface area contributed by atoms with Crippen molar-refractivity contribution in [1.29, 1.82) is 0 Å². The Bertz CT molecular complexity index is 533. The SMILES string of the molecule is Oc1ccc(-c2sccc2C(F)(F)C(F)F)cc1. The van der Waals surface area contributed by atoms with E-state index in [1.165, 1.54) is 29.6 Å². The maximum atomic E-state index is 13.3. The minimum Gasteiger partial charge on any atom is -0.508 e. The smallest absolute Gasteiger partial charge is 0.334 e. The number of phenolic OH excluding ortho intramolecular Hbond substituents is 1. The lowest BCUT2D eigenvalue weighted by atomic mass is 10.1. The highest BCUT2D eigenvalue weighted by molar-refractivity contribution is 7.13. The summed E-state index contributed by atoms with van der Waals surface area (Å²) in [5.41, 5.74) is -0.314. The summed E-state index contributed by atoms with van der Waals surface area (Å²) in [6.07, 6.45) is -3.75. The fraction of sp³-hybridized carbons (Fsp3) is 0.167. The second kappa shape index (κ2) is 4.61. The first kappa shape index (κ1) is 12.9. The van der Waals surface area contributed by atoms with Gasteiger partial charge in [-0.3, -0.25) is 0 Å². The second-order valence-electron chi connectivity index (χ2n) is 3.63. The summed E-state index contributed by atoms with van der Waals surface area (Å²) in [7, 11) is 0. The largest absolute Gasteiger partial charge is 0.508 e. The van der Waals surface area contributed by atoms with E-state index in [-0.39, 0.29) is 10.6 Å². The Hall–Kier alpha value is -1.56. The molecule has 18 heavy (non-hydrogen) atoms. The van der Waals surface area contributed by atoms with Crippen LogP contribution in [-0.2, 0) is 5.92 Å². The van der Waals surface area contributed by atoms with Crippen LogP contribution in [0.15, 0.2) is 35.7 Å². The molecular formula is C12H8F4OS. The van der Waals surface area contributed by atoms with Crippen molar-refractivity contribution in [2.24, 2.45) is 0 Å². The maximum absolute atomic E-state index is 13.3. The number of aromatic hydroxyl groups is 1. The van der Waals surface area contributed by atoms with Gasteiger partial charge in [0.25, 0.3) is 0 Å². The molecule has 2 aromatic rings. The number of thiophene rings is 1. The van der Waals surface area contributed by atoms with Crippen LogP contribution in [0.25, 0.3) is 10.4 Å². The molecule has 0 radical (unpaired) electrons. The van der Waals surface area contributed by atoms with E-state index in [1.54, 1.807) is 0 Å². The van der Waals surface area contributed by atoms with Gasteiger partial charge in [0.05, 0.1) is 0 Å². The summed E-state index contributed by atoms with van der Waals surface area (Å²) in [6, 6.07) is 6.45. The molecule has 0 amide bonds. The minimum absolute atomic E-state index is 0.0162. The number of phenols is 1. The van der Waals surface area contributed by atoms with E-state index in [0.717, 1.165) is 17.4 Å². The zero-order valence-electron chi connectivity index (χ0n) is 8.91. The molecule has 2 rings (SSSR count). The lowest BCUT2D eigenvalue weighted by Gasteiger charge is -2.16.